The van der Waals surface area contributed by atoms with E-state index in [2.05, 4.69) is 23.9 Å². The minimum Gasteiger partial charge on any atom is -0.308 e. The van der Waals surface area contributed by atoms with E-state index in [1.54, 1.807) is 10.4 Å². The summed E-state index contributed by atoms with van der Waals surface area (Å²) in [4.78, 5) is 4.65. The first-order chi connectivity index (χ1) is 10.00. The van der Waals surface area contributed by atoms with Crippen LogP contribution in [0.3, 0.4) is 0 Å². The fraction of sp³-hybridized carbons (Fsp3) is 0.714. The zero-order chi connectivity index (χ0) is 15.0. The minimum atomic E-state index is -3.29. The largest absolute Gasteiger partial charge is 0.308 e. The summed E-state index contributed by atoms with van der Waals surface area (Å²) >= 11 is 1.32. The molecule has 0 radical (unpaired) electrons. The van der Waals surface area contributed by atoms with Crippen LogP contribution in [0.4, 0.5) is 0 Å². The molecular weight excluding hydrogens is 306 g/mol. The average Bonchev–Trinajstić information content (AvgIpc) is 3.13. The second-order valence-electron chi connectivity index (χ2n) is 6.10. The SMILES string of the molecule is CN(C)CCN1CC[C@@H]2[C@H]1CCN2S(=O)(=O)c1cccs1. The second kappa shape index (κ2) is 5.96. The molecule has 0 unspecified atom stereocenters. The van der Waals surface area contributed by atoms with Crippen molar-refractivity contribution in [2.24, 2.45) is 0 Å². The van der Waals surface area contributed by atoms with E-state index in [-0.39, 0.29) is 6.04 Å². The Morgan fingerprint density at radius 2 is 2.05 bits per heavy atom. The van der Waals surface area contributed by atoms with Gasteiger partial charge < -0.3 is 4.90 Å². The Kier molecular flexibility index (Phi) is 4.38. The van der Waals surface area contributed by atoms with Crippen LogP contribution in [0, 0.1) is 0 Å². The Morgan fingerprint density at radius 1 is 1.29 bits per heavy atom. The van der Waals surface area contributed by atoms with Crippen LogP contribution in [0.15, 0.2) is 21.7 Å². The van der Waals surface area contributed by atoms with E-state index >= 15 is 0 Å². The lowest BCUT2D eigenvalue weighted by atomic mass is 10.1. The summed E-state index contributed by atoms with van der Waals surface area (Å²) in [5.41, 5.74) is 0. The van der Waals surface area contributed by atoms with Gasteiger partial charge in [-0.3, -0.25) is 4.90 Å². The van der Waals surface area contributed by atoms with Crippen molar-refractivity contribution >= 4 is 21.4 Å². The summed E-state index contributed by atoms with van der Waals surface area (Å²) in [7, 11) is 0.869. The highest BCUT2D eigenvalue weighted by Crippen LogP contribution is 2.36. The molecule has 118 valence electrons. The van der Waals surface area contributed by atoms with Gasteiger partial charge in [0.05, 0.1) is 0 Å². The van der Waals surface area contributed by atoms with Crippen molar-refractivity contribution in [2.75, 3.05) is 40.3 Å². The van der Waals surface area contributed by atoms with Crippen molar-refractivity contribution in [1.29, 1.82) is 0 Å². The molecule has 3 rings (SSSR count). The van der Waals surface area contributed by atoms with Gasteiger partial charge in [-0.05, 0) is 38.4 Å². The third-order valence-electron chi connectivity index (χ3n) is 4.53. The highest BCUT2D eigenvalue weighted by Gasteiger charge is 2.47. The van der Waals surface area contributed by atoms with Crippen LogP contribution in [-0.2, 0) is 10.0 Å². The van der Waals surface area contributed by atoms with Gasteiger partial charge in [-0.2, -0.15) is 4.31 Å². The quantitative estimate of drug-likeness (QED) is 0.813. The summed E-state index contributed by atoms with van der Waals surface area (Å²) in [6, 6.07) is 4.09. The lowest BCUT2D eigenvalue weighted by Crippen LogP contribution is -2.41. The van der Waals surface area contributed by atoms with Crippen molar-refractivity contribution < 1.29 is 8.42 Å². The maximum Gasteiger partial charge on any atom is 0.252 e. The number of sulfonamides is 1. The van der Waals surface area contributed by atoms with Gasteiger partial charge in [0.25, 0.3) is 10.0 Å². The molecule has 2 atom stereocenters. The van der Waals surface area contributed by atoms with E-state index in [4.69, 9.17) is 0 Å². The maximum absolute atomic E-state index is 12.7. The lowest BCUT2D eigenvalue weighted by molar-refractivity contribution is 0.222. The molecule has 21 heavy (non-hydrogen) atoms. The van der Waals surface area contributed by atoms with Crippen molar-refractivity contribution in [3.63, 3.8) is 0 Å². The Bertz CT molecular complexity index is 571. The van der Waals surface area contributed by atoms with Crippen LogP contribution in [0.2, 0.25) is 0 Å². The first-order valence-corrected chi connectivity index (χ1v) is 9.76. The van der Waals surface area contributed by atoms with Gasteiger partial charge in [0.2, 0.25) is 0 Å². The first-order valence-electron chi connectivity index (χ1n) is 7.44. The van der Waals surface area contributed by atoms with Gasteiger partial charge in [0.15, 0.2) is 0 Å². The topological polar surface area (TPSA) is 43.9 Å². The highest BCUT2D eigenvalue weighted by molar-refractivity contribution is 7.91. The van der Waals surface area contributed by atoms with Crippen molar-refractivity contribution in [3.05, 3.63) is 17.5 Å². The maximum atomic E-state index is 12.7. The van der Waals surface area contributed by atoms with E-state index in [0.717, 1.165) is 32.5 Å². The van der Waals surface area contributed by atoms with Gasteiger partial charge in [-0.15, -0.1) is 11.3 Å². The molecule has 0 saturated carbocycles. The smallest absolute Gasteiger partial charge is 0.252 e. The van der Waals surface area contributed by atoms with Crippen molar-refractivity contribution in [3.8, 4) is 0 Å². The molecule has 1 aromatic heterocycles. The average molecular weight is 329 g/mol. The number of fused-ring (bicyclic) bond motifs is 1. The standard InChI is InChI=1S/C14H23N3O2S2/c1-15(2)9-10-16-7-5-13-12(16)6-8-17(13)21(18,19)14-4-3-11-20-14/h3-4,11-13H,5-10H2,1-2H3/t12-,13-/m1/s1. The van der Waals surface area contributed by atoms with Crippen LogP contribution in [-0.4, -0.2) is 74.9 Å². The third-order valence-corrected chi connectivity index (χ3v) is 7.83. The van der Waals surface area contributed by atoms with Gasteiger partial charge in [0, 0.05) is 38.3 Å². The van der Waals surface area contributed by atoms with Crippen LogP contribution in [0.1, 0.15) is 12.8 Å². The van der Waals surface area contributed by atoms with E-state index in [9.17, 15) is 8.42 Å². The summed E-state index contributed by atoms with van der Waals surface area (Å²) in [5.74, 6) is 0. The Balaban J connectivity index is 1.72. The molecule has 0 bridgehead atoms. The van der Waals surface area contributed by atoms with E-state index < -0.39 is 10.0 Å². The first kappa shape index (κ1) is 15.4. The number of likely N-dealkylation sites (tertiary alicyclic amines) is 1. The van der Waals surface area contributed by atoms with Gasteiger partial charge in [-0.25, -0.2) is 8.42 Å². The Hall–Kier alpha value is -0.470. The molecule has 0 aromatic carbocycles. The van der Waals surface area contributed by atoms with Gasteiger partial charge in [-0.1, -0.05) is 6.07 Å². The summed E-state index contributed by atoms with van der Waals surface area (Å²) in [6.07, 6.45) is 1.92. The van der Waals surface area contributed by atoms with Crippen LogP contribution in [0.25, 0.3) is 0 Å². The van der Waals surface area contributed by atoms with Crippen molar-refractivity contribution in [2.45, 2.75) is 29.1 Å². The highest BCUT2D eigenvalue weighted by atomic mass is 32.2. The molecule has 0 aliphatic carbocycles. The number of nitrogens with zero attached hydrogens (tertiary/aromatic N) is 3. The molecule has 0 amide bonds. The van der Waals surface area contributed by atoms with E-state index in [1.807, 2.05) is 11.4 Å². The van der Waals surface area contributed by atoms with Gasteiger partial charge in [0.1, 0.15) is 4.21 Å². The molecule has 2 saturated heterocycles. The predicted octanol–water partition coefficient (Wildman–Crippen LogP) is 1.15. The molecule has 2 fully saturated rings. The Morgan fingerprint density at radius 3 is 2.71 bits per heavy atom. The van der Waals surface area contributed by atoms with Crippen LogP contribution in [0.5, 0.6) is 0 Å². The summed E-state index contributed by atoms with van der Waals surface area (Å²) in [5, 5.41) is 1.83. The fourth-order valence-corrected chi connectivity index (χ4v) is 6.28. The zero-order valence-corrected chi connectivity index (χ0v) is 14.2. The molecule has 0 spiro atoms. The molecule has 2 aliphatic rings. The number of likely N-dealkylation sites (N-methyl/N-ethyl adjacent to an activating group) is 1. The van der Waals surface area contributed by atoms with E-state index in [0.29, 0.717) is 16.8 Å². The molecule has 3 heterocycles. The van der Waals surface area contributed by atoms with Gasteiger partial charge >= 0.3 is 0 Å². The van der Waals surface area contributed by atoms with Crippen LogP contribution < -0.4 is 0 Å². The Labute approximate surface area is 131 Å². The number of hydrogen-bond donors (Lipinski definition) is 0. The molecular formula is C14H23N3O2S2. The second-order valence-corrected chi connectivity index (χ2v) is 9.16. The van der Waals surface area contributed by atoms with E-state index in [1.165, 1.54) is 11.3 Å². The molecule has 2 aliphatic heterocycles. The fourth-order valence-electron chi connectivity index (χ4n) is 3.47. The monoisotopic (exact) mass is 329 g/mol. The molecule has 1 aromatic rings. The molecule has 5 nitrogen and oxygen atoms in total. The normalized spacial score (nSPS) is 27.6. The zero-order valence-electron chi connectivity index (χ0n) is 12.6. The predicted molar refractivity (Wildman–Crippen MR) is 85.1 cm³/mol. The minimum absolute atomic E-state index is 0.166. The number of thiophene rings is 1. The summed E-state index contributed by atoms with van der Waals surface area (Å²) in [6.45, 7) is 3.73. The molecule has 7 heteroatoms. The number of hydrogen-bond acceptors (Lipinski definition) is 5. The number of rotatable bonds is 5. The lowest BCUT2D eigenvalue weighted by Gasteiger charge is -2.26. The third kappa shape index (κ3) is 2.90. The van der Waals surface area contributed by atoms with Crippen LogP contribution >= 0.6 is 11.3 Å². The van der Waals surface area contributed by atoms with Crippen molar-refractivity contribution in [1.82, 2.24) is 14.1 Å². The summed E-state index contributed by atoms with van der Waals surface area (Å²) < 4.78 is 27.7. The molecule has 0 N–H and O–H groups in total.